The van der Waals surface area contributed by atoms with E-state index >= 15 is 0 Å². The molecule has 3 heteroatoms. The van der Waals surface area contributed by atoms with Crippen molar-refractivity contribution in [2.45, 2.75) is 72.1 Å². The van der Waals surface area contributed by atoms with Crippen LogP contribution in [0.2, 0.25) is 0 Å². The lowest BCUT2D eigenvalue weighted by Crippen LogP contribution is -2.33. The zero-order chi connectivity index (χ0) is 15.9. The Morgan fingerprint density at radius 2 is 1.90 bits per heavy atom. The van der Waals surface area contributed by atoms with Gasteiger partial charge in [0.25, 0.3) is 0 Å². The van der Waals surface area contributed by atoms with Gasteiger partial charge in [-0.2, -0.15) is 0 Å². The molecule has 21 heavy (non-hydrogen) atoms. The average Bonchev–Trinajstić information content (AvgIpc) is 2.38. The predicted octanol–water partition coefficient (Wildman–Crippen LogP) is 4.37. The third-order valence-corrected chi connectivity index (χ3v) is 5.19. The van der Waals surface area contributed by atoms with E-state index in [4.69, 9.17) is 10.8 Å². The van der Waals surface area contributed by atoms with Gasteiger partial charge in [-0.25, -0.2) is 0 Å². The molecular formula is C18H33NO2. The molecule has 1 fully saturated rings. The van der Waals surface area contributed by atoms with Crippen LogP contribution in [0.5, 0.6) is 0 Å². The fourth-order valence-corrected chi connectivity index (χ4v) is 3.62. The summed E-state index contributed by atoms with van der Waals surface area (Å²) in [5, 5.41) is 8.65. The summed E-state index contributed by atoms with van der Waals surface area (Å²) >= 11 is 0. The Balaban J connectivity index is 2.51. The normalized spacial score (nSPS) is 27.1. The van der Waals surface area contributed by atoms with Crippen LogP contribution in [0.15, 0.2) is 12.2 Å². The highest BCUT2D eigenvalue weighted by atomic mass is 16.4. The molecule has 0 aromatic heterocycles. The number of carbonyl (C=O) groups is 1. The summed E-state index contributed by atoms with van der Waals surface area (Å²) in [6.45, 7) is 7.79. The second-order valence-corrected chi connectivity index (χ2v) is 7.79. The second-order valence-electron chi connectivity index (χ2n) is 7.79. The molecule has 1 aliphatic carbocycles. The summed E-state index contributed by atoms with van der Waals surface area (Å²) in [6, 6.07) is 0. The number of rotatable bonds is 7. The topological polar surface area (TPSA) is 63.3 Å². The minimum atomic E-state index is -0.720. The van der Waals surface area contributed by atoms with Crippen molar-refractivity contribution in [1.29, 1.82) is 0 Å². The standard InChI is InChI=1S/C18H33NO2/c1-17(2,3)15-8-11-18(12-9-15,13-14-19)10-6-4-5-7-16(20)21/h4,6,15H,5,7-14,19H2,1-3H3,(H,20,21)/b6-4-. The Kier molecular flexibility index (Phi) is 6.92. The molecule has 0 unspecified atom stereocenters. The lowest BCUT2D eigenvalue weighted by atomic mass is 9.62. The maximum atomic E-state index is 10.5. The third-order valence-electron chi connectivity index (χ3n) is 5.19. The number of carboxylic acid groups (broad SMARTS) is 1. The van der Waals surface area contributed by atoms with Crippen molar-refractivity contribution < 1.29 is 9.90 Å². The molecule has 0 amide bonds. The van der Waals surface area contributed by atoms with E-state index in [0.717, 1.165) is 25.3 Å². The molecule has 0 aliphatic heterocycles. The van der Waals surface area contributed by atoms with Crippen LogP contribution in [-0.4, -0.2) is 17.6 Å². The van der Waals surface area contributed by atoms with Gasteiger partial charge < -0.3 is 10.8 Å². The van der Waals surface area contributed by atoms with Crippen molar-refractivity contribution in [3.05, 3.63) is 12.2 Å². The Hall–Kier alpha value is -0.830. The second kappa shape index (κ2) is 7.98. The zero-order valence-electron chi connectivity index (χ0n) is 14.0. The van der Waals surface area contributed by atoms with Crippen molar-refractivity contribution >= 4 is 5.97 Å². The largest absolute Gasteiger partial charge is 0.481 e. The van der Waals surface area contributed by atoms with E-state index in [2.05, 4.69) is 26.8 Å². The molecule has 0 bridgehead atoms. The van der Waals surface area contributed by atoms with E-state index in [-0.39, 0.29) is 6.42 Å². The highest BCUT2D eigenvalue weighted by Crippen LogP contribution is 2.48. The molecule has 1 saturated carbocycles. The van der Waals surface area contributed by atoms with E-state index in [1.54, 1.807) is 0 Å². The smallest absolute Gasteiger partial charge is 0.303 e. The van der Waals surface area contributed by atoms with Crippen LogP contribution in [0.25, 0.3) is 0 Å². The van der Waals surface area contributed by atoms with Gasteiger partial charge in [0, 0.05) is 6.42 Å². The molecule has 0 aromatic rings. The van der Waals surface area contributed by atoms with Gasteiger partial charge >= 0.3 is 5.97 Å². The fourth-order valence-electron chi connectivity index (χ4n) is 3.62. The molecule has 1 aliphatic rings. The van der Waals surface area contributed by atoms with Crippen LogP contribution in [0.1, 0.15) is 72.1 Å². The van der Waals surface area contributed by atoms with Gasteiger partial charge in [0.15, 0.2) is 0 Å². The molecule has 3 nitrogen and oxygen atoms in total. The van der Waals surface area contributed by atoms with Gasteiger partial charge in [-0.15, -0.1) is 0 Å². The van der Waals surface area contributed by atoms with E-state index in [0.29, 0.717) is 17.3 Å². The molecular weight excluding hydrogens is 262 g/mol. The summed E-state index contributed by atoms with van der Waals surface area (Å²) in [7, 11) is 0. The summed E-state index contributed by atoms with van der Waals surface area (Å²) in [6.07, 6.45) is 12.3. The monoisotopic (exact) mass is 295 g/mol. The molecule has 0 heterocycles. The summed E-state index contributed by atoms with van der Waals surface area (Å²) in [5.74, 6) is 0.0985. The van der Waals surface area contributed by atoms with Crippen molar-refractivity contribution in [3.63, 3.8) is 0 Å². The number of carboxylic acids is 1. The maximum Gasteiger partial charge on any atom is 0.303 e. The molecule has 1 rings (SSSR count). The molecule has 0 saturated heterocycles. The molecule has 3 N–H and O–H groups in total. The highest BCUT2D eigenvalue weighted by Gasteiger charge is 2.37. The summed E-state index contributed by atoms with van der Waals surface area (Å²) in [4.78, 5) is 10.5. The number of aliphatic carboxylic acids is 1. The molecule has 122 valence electrons. The van der Waals surface area contributed by atoms with Gasteiger partial charge in [0.05, 0.1) is 0 Å². The average molecular weight is 295 g/mol. The van der Waals surface area contributed by atoms with Gasteiger partial charge in [0.1, 0.15) is 0 Å². The first kappa shape index (κ1) is 18.2. The van der Waals surface area contributed by atoms with Gasteiger partial charge in [-0.3, -0.25) is 4.79 Å². The van der Waals surface area contributed by atoms with Crippen molar-refractivity contribution in [1.82, 2.24) is 0 Å². The minimum Gasteiger partial charge on any atom is -0.481 e. The molecule has 0 atom stereocenters. The quantitative estimate of drug-likeness (QED) is 0.685. The van der Waals surface area contributed by atoms with Crippen LogP contribution < -0.4 is 5.73 Å². The highest BCUT2D eigenvalue weighted by molar-refractivity contribution is 5.66. The van der Waals surface area contributed by atoms with Crippen LogP contribution in [0.4, 0.5) is 0 Å². The van der Waals surface area contributed by atoms with E-state index < -0.39 is 5.97 Å². The zero-order valence-corrected chi connectivity index (χ0v) is 14.0. The van der Waals surface area contributed by atoms with Crippen molar-refractivity contribution in [2.75, 3.05) is 6.54 Å². The van der Waals surface area contributed by atoms with Gasteiger partial charge in [-0.1, -0.05) is 32.9 Å². The van der Waals surface area contributed by atoms with Crippen molar-refractivity contribution in [2.24, 2.45) is 22.5 Å². The molecule has 0 radical (unpaired) electrons. The fraction of sp³-hybridized carbons (Fsp3) is 0.833. The van der Waals surface area contributed by atoms with Crippen LogP contribution in [-0.2, 0) is 4.79 Å². The first-order valence-electron chi connectivity index (χ1n) is 8.36. The summed E-state index contributed by atoms with van der Waals surface area (Å²) < 4.78 is 0. The number of hydrogen-bond donors (Lipinski definition) is 2. The van der Waals surface area contributed by atoms with Crippen LogP contribution in [0.3, 0.4) is 0 Å². The predicted molar refractivity (Wildman–Crippen MR) is 88.1 cm³/mol. The van der Waals surface area contributed by atoms with E-state index in [1.165, 1.54) is 25.7 Å². The van der Waals surface area contributed by atoms with Crippen LogP contribution >= 0.6 is 0 Å². The Bertz CT molecular complexity index is 347. The maximum absolute atomic E-state index is 10.5. The van der Waals surface area contributed by atoms with Gasteiger partial charge in [-0.05, 0) is 68.2 Å². The minimum absolute atomic E-state index is 0.229. The first-order valence-corrected chi connectivity index (χ1v) is 8.36. The lowest BCUT2D eigenvalue weighted by Gasteiger charge is -2.44. The number of nitrogens with two attached hydrogens (primary N) is 1. The molecule has 0 aromatic carbocycles. The SMILES string of the molecule is CC(C)(C)C1CCC(C/C=C\CCC(=O)O)(CCN)CC1. The van der Waals surface area contributed by atoms with E-state index in [1.807, 2.05) is 6.08 Å². The number of allylic oxidation sites excluding steroid dienone is 2. The van der Waals surface area contributed by atoms with Crippen molar-refractivity contribution in [3.8, 4) is 0 Å². The number of hydrogen-bond acceptors (Lipinski definition) is 2. The van der Waals surface area contributed by atoms with Gasteiger partial charge in [0.2, 0.25) is 0 Å². The van der Waals surface area contributed by atoms with Crippen LogP contribution in [0, 0.1) is 16.7 Å². The Morgan fingerprint density at radius 1 is 1.29 bits per heavy atom. The van der Waals surface area contributed by atoms with E-state index in [9.17, 15) is 4.79 Å². The Morgan fingerprint density at radius 3 is 2.38 bits per heavy atom. The third kappa shape index (κ3) is 6.21. The summed E-state index contributed by atoms with van der Waals surface area (Å²) in [5.41, 5.74) is 6.60. The Labute approximate surface area is 130 Å². The lowest BCUT2D eigenvalue weighted by molar-refractivity contribution is -0.136. The first-order chi connectivity index (χ1) is 9.79. The molecule has 0 spiro atoms.